The minimum atomic E-state index is -0.620. The molecule has 1 heterocycles. The van der Waals surface area contributed by atoms with Gasteiger partial charge in [0.15, 0.2) is 11.5 Å². The summed E-state index contributed by atoms with van der Waals surface area (Å²) < 4.78 is 6.23. The normalized spacial score (nSPS) is 15.0. The van der Waals surface area contributed by atoms with Gasteiger partial charge in [0.1, 0.15) is 17.7 Å². The molecule has 0 N–H and O–H groups in total. The Bertz CT molecular complexity index is 3720. The smallest absolute Gasteiger partial charge is 0.332 e. The summed E-state index contributed by atoms with van der Waals surface area (Å²) in [6.07, 6.45) is 9.11. The molecule has 0 fully saturated rings. The van der Waals surface area contributed by atoms with Crippen molar-refractivity contribution in [3.8, 4) is 33.4 Å². The summed E-state index contributed by atoms with van der Waals surface area (Å²) in [5, 5.41) is 8.69. The van der Waals surface area contributed by atoms with Crippen LogP contribution < -0.4 is 0 Å². The molecule has 2 aliphatic rings. The fraction of sp³-hybridized carbons (Fsp3) is 0.257. The van der Waals surface area contributed by atoms with Gasteiger partial charge < -0.3 is 14.1 Å². The van der Waals surface area contributed by atoms with Crippen LogP contribution in [-0.2, 0) is 36.5 Å². The second-order valence-electron chi connectivity index (χ2n) is 21.3. The van der Waals surface area contributed by atoms with Crippen molar-refractivity contribution in [2.45, 2.75) is 117 Å². The van der Waals surface area contributed by atoms with E-state index in [0.717, 1.165) is 124 Å². The second-order valence-corrected chi connectivity index (χ2v) is 21.3. The zero-order valence-corrected chi connectivity index (χ0v) is 46.2. The van der Waals surface area contributed by atoms with Crippen molar-refractivity contribution < 1.29 is 33.3 Å². The van der Waals surface area contributed by atoms with Gasteiger partial charge in [0.25, 0.3) is 0 Å². The Morgan fingerprint density at radius 2 is 1.03 bits per heavy atom. The molecule has 0 radical (unpaired) electrons. The molecular formula is C70H66N2O7. The van der Waals surface area contributed by atoms with Gasteiger partial charge in [-0.05, 0) is 137 Å². The number of hydrogen-bond donors (Lipinski definition) is 0. The Kier molecular flexibility index (Phi) is 15.5. The van der Waals surface area contributed by atoms with Crippen molar-refractivity contribution >= 4 is 34.9 Å². The highest BCUT2D eigenvalue weighted by molar-refractivity contribution is 6.52. The number of fused-ring (bicyclic) bond motifs is 6. The molecule has 398 valence electrons. The van der Waals surface area contributed by atoms with E-state index in [4.69, 9.17) is 14.1 Å². The number of benzene rings is 7. The van der Waals surface area contributed by atoms with Gasteiger partial charge in [0, 0.05) is 58.9 Å². The second kappa shape index (κ2) is 22.8. The number of carbonyl (C=O) groups is 4. The van der Waals surface area contributed by atoms with Crippen molar-refractivity contribution in [1.29, 1.82) is 0 Å². The van der Waals surface area contributed by atoms with E-state index in [-0.39, 0.29) is 22.7 Å². The van der Waals surface area contributed by atoms with E-state index in [9.17, 15) is 14.4 Å². The van der Waals surface area contributed by atoms with Crippen LogP contribution in [0.3, 0.4) is 0 Å². The first-order valence-electron chi connectivity index (χ1n) is 27.8. The largest absolute Gasteiger partial charge is 0.469 e. The first-order chi connectivity index (χ1) is 38.3. The van der Waals surface area contributed by atoms with Crippen LogP contribution in [-0.4, -0.2) is 34.9 Å². The van der Waals surface area contributed by atoms with Crippen LogP contribution in [0, 0.1) is 13.8 Å². The number of rotatable bonds is 20. The molecule has 1 unspecified atom stereocenters. The molecule has 0 amide bonds. The molecule has 79 heavy (non-hydrogen) atoms. The van der Waals surface area contributed by atoms with Gasteiger partial charge in [-0.2, -0.15) is 0 Å². The Hall–Kier alpha value is -8.56. The minimum Gasteiger partial charge on any atom is -0.469 e. The lowest BCUT2D eigenvalue weighted by Gasteiger charge is -2.32. The number of Topliss-reactive ketones (excluding diaryl/α,β-unsaturated/α-hetero) is 1. The van der Waals surface area contributed by atoms with Crippen LogP contribution in [0.2, 0.25) is 0 Å². The molecular weight excluding hydrogens is 981 g/mol. The van der Waals surface area contributed by atoms with Crippen molar-refractivity contribution in [2.75, 3.05) is 0 Å². The van der Waals surface area contributed by atoms with E-state index in [2.05, 4.69) is 91.7 Å². The van der Waals surface area contributed by atoms with Crippen LogP contribution >= 0.6 is 0 Å². The Labute approximate surface area is 463 Å². The van der Waals surface area contributed by atoms with Crippen molar-refractivity contribution in [3.63, 3.8) is 0 Å². The molecule has 1 aromatic heterocycles. The molecule has 10 rings (SSSR count). The molecule has 0 aliphatic heterocycles. The average Bonchev–Trinajstić information content (AvgIpc) is 4.22. The third-order valence-corrected chi connectivity index (χ3v) is 16.1. The van der Waals surface area contributed by atoms with E-state index in [1.165, 1.54) is 25.0 Å². The number of carbonyl (C=O) groups excluding carboxylic acids is 4. The first kappa shape index (κ1) is 53.8. The lowest BCUT2D eigenvalue weighted by atomic mass is 9.70. The topological polar surface area (TPSA) is 125 Å². The van der Waals surface area contributed by atoms with Gasteiger partial charge in [-0.25, -0.2) is 9.59 Å². The third kappa shape index (κ3) is 10.1. The Balaban J connectivity index is 0.933. The number of ketones is 2. The molecule has 7 aromatic carbocycles. The van der Waals surface area contributed by atoms with Crippen LogP contribution in [0.25, 0.3) is 33.4 Å². The van der Waals surface area contributed by atoms with Crippen LogP contribution in [0.15, 0.2) is 179 Å². The van der Waals surface area contributed by atoms with Crippen molar-refractivity contribution in [1.82, 2.24) is 0 Å². The maximum atomic E-state index is 15.0. The lowest BCUT2D eigenvalue weighted by molar-refractivity contribution is -0.141. The summed E-state index contributed by atoms with van der Waals surface area (Å²) in [5.74, 6) is -0.813. The standard InChI is InChI=1S/C70H66N2O7/c1-8-35-69(36-9-2)61-40-49(65(71-78-46(6)73)54-25-15-14-20-44(54)4)29-32-58(61)59-33-30-50(41-62(59)69)67(75)52-39-53(77-43-52)24-19-38-70(37-10-3)60-28-17-16-26-56(60)57-34-31-51(42-63(57)70)68(76)66(72-79-47(7)74)64-45(5)21-18-27-55(64)48-22-12-11-13-23-48/h11-18,20-23,25-34,39-43H,8-10,19,24,35-38H2,1-7H3/b71-65+,72-66-. The van der Waals surface area contributed by atoms with E-state index < -0.39 is 17.4 Å². The monoisotopic (exact) mass is 1050 g/mol. The summed E-state index contributed by atoms with van der Waals surface area (Å²) in [5.41, 5.74) is 16.5. The first-order valence-corrected chi connectivity index (χ1v) is 27.8. The molecule has 2 aliphatic carbocycles. The zero-order valence-electron chi connectivity index (χ0n) is 46.2. The number of aryl methyl sites for hydroxylation is 3. The van der Waals surface area contributed by atoms with E-state index in [0.29, 0.717) is 34.4 Å². The van der Waals surface area contributed by atoms with Crippen LogP contribution in [0.1, 0.15) is 168 Å². The zero-order chi connectivity index (χ0) is 55.4. The van der Waals surface area contributed by atoms with Gasteiger partial charge in [-0.1, -0.05) is 184 Å². The number of nitrogens with zero attached hydrogens (tertiary/aromatic N) is 2. The lowest BCUT2D eigenvalue weighted by Crippen LogP contribution is -2.26. The molecule has 1 atom stereocenters. The maximum absolute atomic E-state index is 15.0. The van der Waals surface area contributed by atoms with Gasteiger partial charge in [0.2, 0.25) is 5.78 Å². The fourth-order valence-corrected chi connectivity index (χ4v) is 12.8. The van der Waals surface area contributed by atoms with E-state index in [1.807, 2.05) is 111 Å². The molecule has 0 bridgehead atoms. The molecule has 0 spiro atoms. The van der Waals surface area contributed by atoms with Gasteiger partial charge in [-0.15, -0.1) is 0 Å². The quantitative estimate of drug-likeness (QED) is 0.0322. The van der Waals surface area contributed by atoms with Crippen LogP contribution in [0.4, 0.5) is 0 Å². The van der Waals surface area contributed by atoms with Gasteiger partial charge in [0.05, 0.1) is 5.56 Å². The summed E-state index contributed by atoms with van der Waals surface area (Å²) in [4.78, 5) is 64.6. The Morgan fingerprint density at radius 1 is 0.494 bits per heavy atom. The predicted molar refractivity (Wildman–Crippen MR) is 313 cm³/mol. The summed E-state index contributed by atoms with van der Waals surface area (Å²) >= 11 is 0. The summed E-state index contributed by atoms with van der Waals surface area (Å²) in [6.45, 7) is 13.2. The maximum Gasteiger partial charge on any atom is 0.332 e. The average molecular weight is 1050 g/mol. The molecule has 8 aromatic rings. The van der Waals surface area contributed by atoms with Crippen molar-refractivity contribution in [2.24, 2.45) is 10.3 Å². The number of oxime groups is 2. The minimum absolute atomic E-state index is 0.0596. The predicted octanol–water partition coefficient (Wildman–Crippen LogP) is 16.2. The highest BCUT2D eigenvalue weighted by Gasteiger charge is 2.44. The van der Waals surface area contributed by atoms with E-state index in [1.54, 1.807) is 6.26 Å². The summed E-state index contributed by atoms with van der Waals surface area (Å²) in [6, 6.07) is 52.6. The third-order valence-electron chi connectivity index (χ3n) is 16.1. The Morgan fingerprint density at radius 3 is 1.68 bits per heavy atom. The fourth-order valence-electron chi connectivity index (χ4n) is 12.8. The number of furan rings is 1. The van der Waals surface area contributed by atoms with Gasteiger partial charge >= 0.3 is 11.9 Å². The van der Waals surface area contributed by atoms with Crippen LogP contribution in [0.5, 0.6) is 0 Å². The molecule has 9 nitrogen and oxygen atoms in total. The highest BCUT2D eigenvalue weighted by atomic mass is 16.7. The van der Waals surface area contributed by atoms with E-state index >= 15 is 4.79 Å². The highest BCUT2D eigenvalue weighted by Crippen LogP contribution is 2.56. The molecule has 0 saturated carbocycles. The number of hydrogen-bond acceptors (Lipinski definition) is 9. The van der Waals surface area contributed by atoms with Crippen molar-refractivity contribution in [3.05, 3.63) is 237 Å². The molecule has 0 saturated heterocycles. The SMILES string of the molecule is CCCC1(CCC)c2cc(C(=O)c3coc(CCCC4(CCC)c5ccccc5-c5ccc(C(=O)/C(=N\OC(C)=O)c6c(C)cccc6-c6ccccc6)cc54)c3)ccc2-c2ccc(/C(=N\OC(C)=O)c3ccccc3C)cc21. The summed E-state index contributed by atoms with van der Waals surface area (Å²) in [7, 11) is 0. The van der Waals surface area contributed by atoms with Gasteiger partial charge in [-0.3, -0.25) is 9.59 Å². The molecule has 9 heteroatoms.